The first kappa shape index (κ1) is 14.2. The van der Waals surface area contributed by atoms with E-state index in [1.165, 1.54) is 5.57 Å². The van der Waals surface area contributed by atoms with Crippen molar-refractivity contribution in [2.75, 3.05) is 11.9 Å². The van der Waals surface area contributed by atoms with Crippen molar-refractivity contribution in [3.05, 3.63) is 65.1 Å². The fraction of sp³-hybridized carbons (Fsp3) is 0.167. The first-order chi connectivity index (χ1) is 10.7. The van der Waals surface area contributed by atoms with Gasteiger partial charge in [-0.3, -0.25) is 4.99 Å². The molecule has 0 aliphatic carbocycles. The maximum absolute atomic E-state index is 4.52. The minimum Gasteiger partial charge on any atom is -0.325 e. The molecule has 1 aliphatic rings. The zero-order valence-corrected chi connectivity index (χ0v) is 12.7. The third-order valence-corrected chi connectivity index (χ3v) is 3.23. The Balaban J connectivity index is 1.79. The van der Waals surface area contributed by atoms with Gasteiger partial charge in [0.05, 0.1) is 6.54 Å². The van der Waals surface area contributed by atoms with E-state index in [2.05, 4.69) is 27.2 Å². The van der Waals surface area contributed by atoms with Crippen molar-refractivity contribution in [1.29, 1.82) is 0 Å². The molecule has 1 aliphatic heterocycles. The summed E-state index contributed by atoms with van der Waals surface area (Å²) in [5.74, 6) is 2.31. The van der Waals surface area contributed by atoms with Crippen LogP contribution in [0.25, 0.3) is 12.2 Å². The van der Waals surface area contributed by atoms with E-state index in [1.807, 2.05) is 61.5 Å². The van der Waals surface area contributed by atoms with Gasteiger partial charge < -0.3 is 5.32 Å². The lowest BCUT2D eigenvalue weighted by Gasteiger charge is -2.05. The molecule has 0 atom stereocenters. The molecule has 2 aromatic rings. The summed E-state index contributed by atoms with van der Waals surface area (Å²) in [4.78, 5) is 13.4. The number of benzene rings is 1. The predicted octanol–water partition coefficient (Wildman–Crippen LogP) is 3.73. The highest BCUT2D eigenvalue weighted by atomic mass is 15.1. The second-order valence-electron chi connectivity index (χ2n) is 5.31. The van der Waals surface area contributed by atoms with Crippen molar-refractivity contribution < 1.29 is 0 Å². The zero-order chi connectivity index (χ0) is 15.4. The monoisotopic (exact) mass is 290 g/mol. The van der Waals surface area contributed by atoms with E-state index in [9.17, 15) is 0 Å². The third kappa shape index (κ3) is 3.67. The van der Waals surface area contributed by atoms with Gasteiger partial charge in [0.2, 0.25) is 0 Å². The molecular formula is C18H18N4. The molecule has 0 saturated carbocycles. The lowest BCUT2D eigenvalue weighted by atomic mass is 10.2. The fourth-order valence-electron chi connectivity index (χ4n) is 2.21. The summed E-state index contributed by atoms with van der Waals surface area (Å²) in [6.45, 7) is 4.79. The highest BCUT2D eigenvalue weighted by Gasteiger charge is 2.06. The van der Waals surface area contributed by atoms with Crippen LogP contribution in [0.1, 0.15) is 24.0 Å². The van der Waals surface area contributed by atoms with Crippen molar-refractivity contribution in [3.63, 3.8) is 0 Å². The van der Waals surface area contributed by atoms with Gasteiger partial charge >= 0.3 is 0 Å². The van der Waals surface area contributed by atoms with Crippen molar-refractivity contribution in [1.82, 2.24) is 9.97 Å². The Hall–Kier alpha value is -2.75. The van der Waals surface area contributed by atoms with Crippen LogP contribution in [0.4, 0.5) is 5.82 Å². The number of hydrogen-bond acceptors (Lipinski definition) is 4. The number of aromatic nitrogens is 2. The highest BCUT2D eigenvalue weighted by molar-refractivity contribution is 6.05. The van der Waals surface area contributed by atoms with Crippen molar-refractivity contribution >= 4 is 23.8 Å². The molecule has 1 aromatic heterocycles. The van der Waals surface area contributed by atoms with Crippen molar-refractivity contribution in [2.24, 2.45) is 4.99 Å². The Kier molecular flexibility index (Phi) is 4.10. The van der Waals surface area contributed by atoms with Crippen molar-refractivity contribution in [3.8, 4) is 0 Å². The number of aryl methyl sites for hydroxylation is 1. The van der Waals surface area contributed by atoms with Gasteiger partial charge in [0.25, 0.3) is 0 Å². The van der Waals surface area contributed by atoms with E-state index >= 15 is 0 Å². The van der Waals surface area contributed by atoms with Crippen LogP contribution in [0.3, 0.4) is 0 Å². The minimum atomic E-state index is 0.686. The molecule has 22 heavy (non-hydrogen) atoms. The summed E-state index contributed by atoms with van der Waals surface area (Å²) in [5, 5.41) is 3.24. The number of nitrogens with one attached hydrogen (secondary N) is 1. The van der Waals surface area contributed by atoms with Crippen LogP contribution < -0.4 is 5.32 Å². The second-order valence-corrected chi connectivity index (χ2v) is 5.31. The smallest absolute Gasteiger partial charge is 0.154 e. The SMILES string of the molecule is CC1=CC(Nc2cc(C)nc(/C=C/c3ccccc3)n2)=NC1. The molecule has 110 valence electrons. The Morgan fingerprint density at radius 3 is 2.59 bits per heavy atom. The van der Waals surface area contributed by atoms with E-state index in [0.29, 0.717) is 5.82 Å². The normalized spacial score (nSPS) is 14.1. The quantitative estimate of drug-likeness (QED) is 0.937. The Labute approximate surface area is 130 Å². The van der Waals surface area contributed by atoms with Gasteiger partial charge in [-0.1, -0.05) is 36.4 Å². The van der Waals surface area contributed by atoms with Crippen LogP contribution in [0.5, 0.6) is 0 Å². The van der Waals surface area contributed by atoms with E-state index in [0.717, 1.165) is 29.5 Å². The summed E-state index contributed by atoms with van der Waals surface area (Å²) < 4.78 is 0. The highest BCUT2D eigenvalue weighted by Crippen LogP contribution is 2.12. The van der Waals surface area contributed by atoms with Gasteiger partial charge in [0.15, 0.2) is 5.82 Å². The van der Waals surface area contributed by atoms with Crippen LogP contribution in [0.2, 0.25) is 0 Å². The van der Waals surface area contributed by atoms with Gasteiger partial charge in [-0.2, -0.15) is 0 Å². The molecule has 0 amide bonds. The third-order valence-electron chi connectivity index (χ3n) is 3.23. The zero-order valence-electron chi connectivity index (χ0n) is 12.7. The molecule has 4 heteroatoms. The summed E-state index contributed by atoms with van der Waals surface area (Å²) in [7, 11) is 0. The number of hydrogen-bond donors (Lipinski definition) is 1. The number of anilines is 1. The molecular weight excluding hydrogens is 272 g/mol. The average molecular weight is 290 g/mol. The Morgan fingerprint density at radius 2 is 1.86 bits per heavy atom. The molecule has 0 radical (unpaired) electrons. The van der Waals surface area contributed by atoms with Gasteiger partial charge in [0.1, 0.15) is 11.7 Å². The number of nitrogens with zero attached hydrogens (tertiary/aromatic N) is 3. The van der Waals surface area contributed by atoms with Gasteiger partial charge in [0, 0.05) is 11.8 Å². The lowest BCUT2D eigenvalue weighted by Crippen LogP contribution is -2.09. The second kappa shape index (κ2) is 6.35. The molecule has 1 aromatic carbocycles. The molecule has 0 fully saturated rings. The van der Waals surface area contributed by atoms with Crippen LogP contribution in [0.15, 0.2) is 53.0 Å². The number of amidine groups is 1. The van der Waals surface area contributed by atoms with E-state index < -0.39 is 0 Å². The summed E-state index contributed by atoms with van der Waals surface area (Å²) in [6.07, 6.45) is 5.97. The molecule has 0 saturated heterocycles. The Morgan fingerprint density at radius 1 is 1.05 bits per heavy atom. The minimum absolute atomic E-state index is 0.686. The molecule has 3 rings (SSSR count). The molecule has 0 bridgehead atoms. The Bertz CT molecular complexity index is 758. The van der Waals surface area contributed by atoms with Gasteiger partial charge in [-0.05, 0) is 37.1 Å². The summed E-state index contributed by atoms with van der Waals surface area (Å²) in [5.41, 5.74) is 3.29. The largest absolute Gasteiger partial charge is 0.325 e. The van der Waals surface area contributed by atoms with Gasteiger partial charge in [-0.25, -0.2) is 9.97 Å². The fourth-order valence-corrected chi connectivity index (χ4v) is 2.21. The summed E-state index contributed by atoms with van der Waals surface area (Å²) in [6, 6.07) is 12.0. The first-order valence-corrected chi connectivity index (χ1v) is 7.26. The van der Waals surface area contributed by atoms with Crippen LogP contribution in [-0.2, 0) is 0 Å². The molecule has 0 spiro atoms. The maximum atomic E-state index is 4.52. The lowest BCUT2D eigenvalue weighted by molar-refractivity contribution is 1.08. The van der Waals surface area contributed by atoms with Crippen LogP contribution in [0, 0.1) is 6.92 Å². The topological polar surface area (TPSA) is 50.2 Å². The number of aliphatic imine (C=N–C) groups is 1. The predicted molar refractivity (Wildman–Crippen MR) is 91.8 cm³/mol. The summed E-state index contributed by atoms with van der Waals surface area (Å²) >= 11 is 0. The van der Waals surface area contributed by atoms with E-state index in [4.69, 9.17) is 0 Å². The molecule has 1 N–H and O–H groups in total. The van der Waals surface area contributed by atoms with Gasteiger partial charge in [-0.15, -0.1) is 0 Å². The molecule has 4 nitrogen and oxygen atoms in total. The average Bonchev–Trinajstić information content (AvgIpc) is 2.91. The molecule has 0 unspecified atom stereocenters. The van der Waals surface area contributed by atoms with Crippen LogP contribution in [-0.4, -0.2) is 22.3 Å². The van der Waals surface area contributed by atoms with E-state index in [1.54, 1.807) is 0 Å². The number of rotatable bonds is 3. The standard InChI is InChI=1S/C18H18N4/c1-13-10-17(19-12-13)22-18-11-14(2)20-16(21-18)9-8-15-6-4-3-5-7-15/h3-11H,12H2,1-2H3,(H,19,20,21,22)/b9-8+. The molecule has 2 heterocycles. The maximum Gasteiger partial charge on any atom is 0.154 e. The van der Waals surface area contributed by atoms with E-state index in [-0.39, 0.29) is 0 Å². The van der Waals surface area contributed by atoms with Crippen LogP contribution >= 0.6 is 0 Å². The van der Waals surface area contributed by atoms with Crippen molar-refractivity contribution in [2.45, 2.75) is 13.8 Å². The first-order valence-electron chi connectivity index (χ1n) is 7.26.